The van der Waals surface area contributed by atoms with Crippen LogP contribution in [0.25, 0.3) is 0 Å². The van der Waals surface area contributed by atoms with E-state index in [1.165, 1.54) is 74.5 Å². The molecule has 0 N–H and O–H groups in total. The monoisotopic (exact) mass is 529 g/mol. The second-order valence-corrected chi connectivity index (χ2v) is 7.24. The Labute approximate surface area is 205 Å². The molecule has 3 aliphatic rings. The molecule has 3 rings (SSSR count). The van der Waals surface area contributed by atoms with Crippen LogP contribution in [-0.2, 0) is 0 Å². The fourth-order valence-corrected chi connectivity index (χ4v) is 2.97. The molecule has 1 heteroatoms. The summed E-state index contributed by atoms with van der Waals surface area (Å²) in [6, 6.07) is 0. The molecule has 0 saturated heterocycles. The Bertz CT molecular complexity index is 474. The molecule has 0 spiro atoms. The van der Waals surface area contributed by atoms with E-state index >= 15 is 0 Å². The van der Waals surface area contributed by atoms with Gasteiger partial charge in [0.25, 0.3) is 0 Å². The standard InChI is InChI=1S/3C9H13.Er/c3*1-2-3-6-9-7-4-5-8-9;/h3*4,7H,2-3,5-6H2,1H3;/q3*-1;+3. The van der Waals surface area contributed by atoms with E-state index in [-0.39, 0.29) is 37.3 Å². The molecule has 0 amide bonds. The van der Waals surface area contributed by atoms with Gasteiger partial charge in [-0.2, -0.15) is 18.2 Å². The van der Waals surface area contributed by atoms with Crippen molar-refractivity contribution in [3.05, 3.63) is 71.4 Å². The Kier molecular flexibility index (Phi) is 19.8. The van der Waals surface area contributed by atoms with Gasteiger partial charge in [0.1, 0.15) is 0 Å². The third kappa shape index (κ3) is 14.7. The summed E-state index contributed by atoms with van der Waals surface area (Å²) in [6.07, 6.45) is 37.6. The molecule has 0 aliphatic heterocycles. The minimum Gasteiger partial charge on any atom is -0.269 e. The van der Waals surface area contributed by atoms with E-state index in [2.05, 4.69) is 75.5 Å². The van der Waals surface area contributed by atoms with Crippen molar-refractivity contribution in [2.75, 3.05) is 0 Å². The number of allylic oxidation sites excluding steroid dienone is 12. The predicted molar refractivity (Wildman–Crippen MR) is 120 cm³/mol. The van der Waals surface area contributed by atoms with Crippen LogP contribution in [0.2, 0.25) is 0 Å². The van der Waals surface area contributed by atoms with Crippen LogP contribution in [0.4, 0.5) is 0 Å². The fourth-order valence-electron chi connectivity index (χ4n) is 2.97. The Hall–Kier alpha value is -0.313. The van der Waals surface area contributed by atoms with Crippen molar-refractivity contribution in [2.45, 2.75) is 97.8 Å². The van der Waals surface area contributed by atoms with E-state index < -0.39 is 0 Å². The van der Waals surface area contributed by atoms with Gasteiger partial charge in [0.15, 0.2) is 0 Å². The molecule has 0 heterocycles. The normalized spacial score (nSPS) is 15.8. The summed E-state index contributed by atoms with van der Waals surface area (Å²) in [5.41, 5.74) is 4.24. The van der Waals surface area contributed by atoms with Gasteiger partial charge in [0, 0.05) is 0 Å². The number of hydrogen-bond donors (Lipinski definition) is 0. The van der Waals surface area contributed by atoms with E-state index in [0.717, 1.165) is 19.3 Å². The average Bonchev–Trinajstić information content (AvgIpc) is 3.47. The van der Waals surface area contributed by atoms with E-state index in [0.29, 0.717) is 0 Å². The molecule has 0 unspecified atom stereocenters. The first-order valence-corrected chi connectivity index (χ1v) is 11.1. The van der Waals surface area contributed by atoms with Crippen LogP contribution < -0.4 is 0 Å². The van der Waals surface area contributed by atoms with Gasteiger partial charge >= 0.3 is 37.3 Å². The second kappa shape index (κ2) is 20.0. The summed E-state index contributed by atoms with van der Waals surface area (Å²) >= 11 is 0. The van der Waals surface area contributed by atoms with Crippen LogP contribution in [0.3, 0.4) is 0 Å². The molecular weight excluding hydrogens is 492 g/mol. The van der Waals surface area contributed by atoms with Crippen LogP contribution in [-0.4, -0.2) is 0 Å². The van der Waals surface area contributed by atoms with E-state index in [1.54, 1.807) is 0 Å². The molecule has 0 saturated carbocycles. The maximum atomic E-state index is 3.30. The van der Waals surface area contributed by atoms with Crippen LogP contribution in [0.15, 0.2) is 53.2 Å². The summed E-state index contributed by atoms with van der Waals surface area (Å²) in [6.45, 7) is 6.66. The molecule has 0 aromatic rings. The van der Waals surface area contributed by atoms with Gasteiger partial charge in [-0.15, -0.1) is 19.3 Å². The molecule has 3 aliphatic carbocycles. The summed E-state index contributed by atoms with van der Waals surface area (Å²) in [7, 11) is 0. The molecule has 159 valence electrons. The Morgan fingerprint density at radius 3 is 1.04 bits per heavy atom. The largest absolute Gasteiger partial charge is 3.00 e. The second-order valence-electron chi connectivity index (χ2n) is 7.24. The summed E-state index contributed by atoms with van der Waals surface area (Å²) in [5, 5.41) is 0. The van der Waals surface area contributed by atoms with E-state index in [4.69, 9.17) is 0 Å². The molecular formula is C27H39Er. The van der Waals surface area contributed by atoms with Gasteiger partial charge in [-0.25, -0.2) is 34.9 Å². The molecule has 0 aromatic heterocycles. The SMILES string of the molecule is CCCCC1=[C-]CC=C1.CCCCC1=[C-]CC=C1.CCCCC1=[C-]CC=C1.[Er+3]. The molecule has 0 bridgehead atoms. The third-order valence-electron chi connectivity index (χ3n) is 4.70. The summed E-state index contributed by atoms with van der Waals surface area (Å²) in [5.74, 6) is 0. The first kappa shape index (κ1) is 27.7. The minimum absolute atomic E-state index is 0. The van der Waals surface area contributed by atoms with Crippen molar-refractivity contribution >= 4 is 0 Å². The van der Waals surface area contributed by atoms with Crippen LogP contribution in [0.1, 0.15) is 97.8 Å². The smallest absolute Gasteiger partial charge is 0.269 e. The quantitative estimate of drug-likeness (QED) is 0.262. The van der Waals surface area contributed by atoms with Crippen LogP contribution in [0, 0.1) is 55.5 Å². The van der Waals surface area contributed by atoms with Crippen LogP contribution in [0.5, 0.6) is 0 Å². The Morgan fingerprint density at radius 1 is 0.571 bits per heavy atom. The van der Waals surface area contributed by atoms with Gasteiger partial charge < -0.3 is 0 Å². The first-order valence-electron chi connectivity index (χ1n) is 11.1. The number of unbranched alkanes of at least 4 members (excludes halogenated alkanes) is 3. The van der Waals surface area contributed by atoms with Crippen molar-refractivity contribution in [3.63, 3.8) is 0 Å². The Morgan fingerprint density at radius 2 is 0.857 bits per heavy atom. The van der Waals surface area contributed by atoms with Gasteiger partial charge in [0.05, 0.1) is 0 Å². The summed E-state index contributed by atoms with van der Waals surface area (Å²) < 4.78 is 0. The minimum atomic E-state index is 0. The fraction of sp³-hybridized carbons (Fsp3) is 0.556. The number of rotatable bonds is 9. The van der Waals surface area contributed by atoms with Gasteiger partial charge in [-0.1, -0.05) is 78.6 Å². The molecule has 0 nitrogen and oxygen atoms in total. The number of hydrogen-bond acceptors (Lipinski definition) is 0. The zero-order valence-electron chi connectivity index (χ0n) is 18.2. The van der Waals surface area contributed by atoms with Crippen molar-refractivity contribution in [3.8, 4) is 0 Å². The molecule has 1 radical (unpaired) electrons. The molecule has 0 aromatic carbocycles. The van der Waals surface area contributed by atoms with E-state index in [1.807, 2.05) is 0 Å². The maximum Gasteiger partial charge on any atom is 3.00 e. The van der Waals surface area contributed by atoms with Crippen molar-refractivity contribution < 1.29 is 37.3 Å². The topological polar surface area (TPSA) is 0 Å². The first-order chi connectivity index (χ1) is 13.3. The predicted octanol–water partition coefficient (Wildman–Crippen LogP) is 8.60. The van der Waals surface area contributed by atoms with Gasteiger partial charge in [0.2, 0.25) is 0 Å². The Balaban J connectivity index is 0.000000384. The van der Waals surface area contributed by atoms with Gasteiger partial charge in [-0.05, 0) is 0 Å². The van der Waals surface area contributed by atoms with Crippen molar-refractivity contribution in [1.29, 1.82) is 0 Å². The van der Waals surface area contributed by atoms with Crippen molar-refractivity contribution in [2.24, 2.45) is 0 Å². The van der Waals surface area contributed by atoms with Crippen molar-refractivity contribution in [1.82, 2.24) is 0 Å². The average molecular weight is 531 g/mol. The van der Waals surface area contributed by atoms with Gasteiger partial charge in [-0.3, -0.25) is 18.2 Å². The molecule has 0 atom stereocenters. The molecule has 0 fully saturated rings. The van der Waals surface area contributed by atoms with Crippen LogP contribution >= 0.6 is 0 Å². The third-order valence-corrected chi connectivity index (χ3v) is 4.70. The summed E-state index contributed by atoms with van der Waals surface area (Å²) in [4.78, 5) is 0. The zero-order valence-corrected chi connectivity index (χ0v) is 20.1. The zero-order chi connectivity index (χ0) is 19.6. The van der Waals surface area contributed by atoms with E-state index in [9.17, 15) is 0 Å². The molecule has 28 heavy (non-hydrogen) atoms. The maximum absolute atomic E-state index is 3.30.